The number of anilines is 1. The molecule has 0 radical (unpaired) electrons. The maximum Gasteiger partial charge on any atom is 0.300 e. The van der Waals surface area contributed by atoms with Gasteiger partial charge in [-0.15, -0.1) is 0 Å². The van der Waals surface area contributed by atoms with Crippen LogP contribution in [-0.4, -0.2) is 21.9 Å². The monoisotopic (exact) mass is 463 g/mol. The van der Waals surface area contributed by atoms with Crippen molar-refractivity contribution < 1.29 is 19.8 Å². The van der Waals surface area contributed by atoms with Crippen LogP contribution in [0.5, 0.6) is 5.75 Å². The lowest BCUT2D eigenvalue weighted by Crippen LogP contribution is -2.29. The zero-order valence-corrected chi connectivity index (χ0v) is 17.6. The van der Waals surface area contributed by atoms with Crippen LogP contribution in [0.3, 0.4) is 0 Å². The van der Waals surface area contributed by atoms with Gasteiger partial charge in [0.2, 0.25) is 0 Å². The Labute approximate surface area is 182 Å². The first kappa shape index (κ1) is 19.9. The minimum absolute atomic E-state index is 0.00522. The van der Waals surface area contributed by atoms with Gasteiger partial charge in [-0.05, 0) is 48.9 Å². The third-order valence-corrected chi connectivity index (χ3v) is 5.59. The topological polar surface area (TPSA) is 77.8 Å². The molecule has 3 aromatic carbocycles. The van der Waals surface area contributed by atoms with E-state index in [2.05, 4.69) is 15.9 Å². The van der Waals surface area contributed by atoms with E-state index in [1.54, 1.807) is 48.5 Å². The van der Waals surface area contributed by atoms with Crippen molar-refractivity contribution in [1.82, 2.24) is 0 Å². The van der Waals surface area contributed by atoms with E-state index in [0.717, 1.165) is 10.0 Å². The standard InChI is InChI=1S/C24H18BrNO4/c1-14-5-11-18(12-6-14)26-21(16-3-2-4-19(27)13-16)20(23(29)24(26)30)22(28)15-7-9-17(25)10-8-15/h2-13,21,27-28H,1H3/b22-20-. The second-order valence-electron chi connectivity index (χ2n) is 7.11. The molecule has 0 spiro atoms. The highest BCUT2D eigenvalue weighted by Gasteiger charge is 2.47. The molecule has 1 atom stereocenters. The molecule has 3 aromatic rings. The predicted octanol–water partition coefficient (Wildman–Crippen LogP) is 5.09. The summed E-state index contributed by atoms with van der Waals surface area (Å²) < 4.78 is 0.823. The molecule has 1 heterocycles. The van der Waals surface area contributed by atoms with E-state index in [4.69, 9.17) is 0 Å². The van der Waals surface area contributed by atoms with Crippen LogP contribution in [0, 0.1) is 6.92 Å². The molecule has 0 aromatic heterocycles. The van der Waals surface area contributed by atoms with Gasteiger partial charge in [0.25, 0.3) is 11.7 Å². The number of aromatic hydroxyl groups is 1. The van der Waals surface area contributed by atoms with E-state index in [0.29, 0.717) is 16.8 Å². The summed E-state index contributed by atoms with van der Waals surface area (Å²) in [6.07, 6.45) is 0. The molecule has 1 aliphatic rings. The average Bonchev–Trinajstić information content (AvgIpc) is 3.00. The molecule has 6 heteroatoms. The number of carbonyl (C=O) groups is 2. The minimum atomic E-state index is -0.872. The number of Topliss-reactive ketones (excluding diaryl/α,β-unsaturated/α-hetero) is 1. The molecule has 1 unspecified atom stereocenters. The molecule has 1 fully saturated rings. The van der Waals surface area contributed by atoms with Crippen LogP contribution in [0.25, 0.3) is 5.76 Å². The quantitative estimate of drug-likeness (QED) is 0.322. The third-order valence-electron chi connectivity index (χ3n) is 5.06. The Morgan fingerprint density at radius 2 is 1.63 bits per heavy atom. The van der Waals surface area contributed by atoms with Crippen molar-refractivity contribution in [2.75, 3.05) is 4.90 Å². The summed E-state index contributed by atoms with van der Waals surface area (Å²) in [5.41, 5.74) is 2.47. The van der Waals surface area contributed by atoms with Gasteiger partial charge in [-0.3, -0.25) is 14.5 Å². The van der Waals surface area contributed by atoms with E-state index in [-0.39, 0.29) is 17.1 Å². The number of benzene rings is 3. The van der Waals surface area contributed by atoms with Gasteiger partial charge >= 0.3 is 0 Å². The van der Waals surface area contributed by atoms with Gasteiger partial charge < -0.3 is 10.2 Å². The lowest BCUT2D eigenvalue weighted by molar-refractivity contribution is -0.132. The number of phenolic OH excluding ortho intramolecular Hbond substituents is 1. The van der Waals surface area contributed by atoms with Gasteiger partial charge in [0.15, 0.2) is 0 Å². The van der Waals surface area contributed by atoms with Gasteiger partial charge in [0.05, 0.1) is 11.6 Å². The molecule has 0 bridgehead atoms. The summed E-state index contributed by atoms with van der Waals surface area (Å²) in [5.74, 6) is -1.76. The Hall–Kier alpha value is -3.38. The molecule has 30 heavy (non-hydrogen) atoms. The van der Waals surface area contributed by atoms with E-state index in [1.807, 2.05) is 19.1 Å². The largest absolute Gasteiger partial charge is 0.508 e. The van der Waals surface area contributed by atoms with Crippen LogP contribution in [0.4, 0.5) is 5.69 Å². The highest BCUT2D eigenvalue weighted by atomic mass is 79.9. The number of hydrogen-bond donors (Lipinski definition) is 2. The lowest BCUT2D eigenvalue weighted by atomic mass is 9.95. The molecular formula is C24H18BrNO4. The smallest absolute Gasteiger partial charge is 0.300 e. The minimum Gasteiger partial charge on any atom is -0.508 e. The summed E-state index contributed by atoms with van der Waals surface area (Å²) in [4.78, 5) is 27.4. The van der Waals surface area contributed by atoms with Crippen molar-refractivity contribution >= 4 is 39.1 Å². The summed E-state index contributed by atoms with van der Waals surface area (Å²) >= 11 is 3.35. The van der Waals surface area contributed by atoms with Crippen molar-refractivity contribution in [1.29, 1.82) is 0 Å². The number of nitrogens with zero attached hydrogens (tertiary/aromatic N) is 1. The number of carbonyl (C=O) groups excluding carboxylic acids is 2. The van der Waals surface area contributed by atoms with E-state index in [1.165, 1.54) is 17.0 Å². The number of halogens is 1. The van der Waals surface area contributed by atoms with Crippen molar-refractivity contribution in [2.45, 2.75) is 13.0 Å². The van der Waals surface area contributed by atoms with E-state index < -0.39 is 17.7 Å². The first-order valence-electron chi connectivity index (χ1n) is 9.29. The maximum atomic E-state index is 13.0. The third kappa shape index (κ3) is 3.50. The molecule has 1 aliphatic heterocycles. The summed E-state index contributed by atoms with van der Waals surface area (Å²) in [7, 11) is 0. The van der Waals surface area contributed by atoms with E-state index >= 15 is 0 Å². The number of aliphatic hydroxyl groups excluding tert-OH is 1. The summed E-state index contributed by atoms with van der Waals surface area (Å²) in [5, 5.41) is 21.0. The average molecular weight is 464 g/mol. The molecule has 0 aliphatic carbocycles. The van der Waals surface area contributed by atoms with Crippen LogP contribution < -0.4 is 4.90 Å². The molecule has 1 amide bonds. The number of aliphatic hydroxyl groups is 1. The van der Waals surface area contributed by atoms with Crippen LogP contribution in [-0.2, 0) is 9.59 Å². The molecule has 1 saturated heterocycles. The molecular weight excluding hydrogens is 446 g/mol. The number of rotatable bonds is 3. The van der Waals surface area contributed by atoms with Gasteiger partial charge in [-0.25, -0.2) is 0 Å². The van der Waals surface area contributed by atoms with Crippen molar-refractivity contribution in [2.24, 2.45) is 0 Å². The maximum absolute atomic E-state index is 13.0. The van der Waals surface area contributed by atoms with E-state index in [9.17, 15) is 19.8 Å². The first-order valence-corrected chi connectivity index (χ1v) is 10.1. The Bertz CT molecular complexity index is 1170. The fourth-order valence-electron chi connectivity index (χ4n) is 3.58. The first-order chi connectivity index (χ1) is 14.4. The summed E-state index contributed by atoms with van der Waals surface area (Å²) in [6.45, 7) is 1.93. The summed E-state index contributed by atoms with van der Waals surface area (Å²) in [6, 6.07) is 19.5. The number of amides is 1. The molecule has 2 N–H and O–H groups in total. The Balaban J connectivity index is 1.95. The second kappa shape index (κ2) is 7.80. The van der Waals surface area contributed by atoms with Gasteiger partial charge in [0.1, 0.15) is 11.5 Å². The second-order valence-corrected chi connectivity index (χ2v) is 8.02. The normalized spacial score (nSPS) is 18.1. The van der Waals surface area contributed by atoms with Crippen LogP contribution in [0.15, 0.2) is 82.8 Å². The SMILES string of the molecule is Cc1ccc(N2C(=O)C(=O)/C(=C(\O)c3ccc(Br)cc3)C2c2cccc(O)c2)cc1. The highest BCUT2D eigenvalue weighted by molar-refractivity contribution is 9.10. The zero-order chi connectivity index (χ0) is 21.4. The molecule has 150 valence electrons. The number of ketones is 1. The number of phenols is 1. The van der Waals surface area contributed by atoms with Gasteiger partial charge in [0, 0.05) is 15.7 Å². The Morgan fingerprint density at radius 3 is 2.27 bits per heavy atom. The Kier molecular flexibility index (Phi) is 5.18. The van der Waals surface area contributed by atoms with Gasteiger partial charge in [-0.1, -0.05) is 57.9 Å². The molecule has 0 saturated carbocycles. The number of aryl methyl sites for hydroxylation is 1. The van der Waals surface area contributed by atoms with Crippen molar-refractivity contribution in [3.05, 3.63) is 99.5 Å². The van der Waals surface area contributed by atoms with Crippen molar-refractivity contribution in [3.63, 3.8) is 0 Å². The van der Waals surface area contributed by atoms with Crippen LogP contribution >= 0.6 is 15.9 Å². The molecule has 4 rings (SSSR count). The van der Waals surface area contributed by atoms with Gasteiger partial charge in [-0.2, -0.15) is 0 Å². The fourth-order valence-corrected chi connectivity index (χ4v) is 3.84. The lowest BCUT2D eigenvalue weighted by Gasteiger charge is -2.25. The highest BCUT2D eigenvalue weighted by Crippen LogP contribution is 2.42. The van der Waals surface area contributed by atoms with Crippen molar-refractivity contribution in [3.8, 4) is 5.75 Å². The zero-order valence-electron chi connectivity index (χ0n) is 16.0. The predicted molar refractivity (Wildman–Crippen MR) is 118 cm³/mol. The number of hydrogen-bond acceptors (Lipinski definition) is 4. The van der Waals surface area contributed by atoms with Crippen LogP contribution in [0.1, 0.15) is 22.7 Å². The fraction of sp³-hybridized carbons (Fsp3) is 0.0833. The Morgan fingerprint density at radius 1 is 0.967 bits per heavy atom. The molecule has 5 nitrogen and oxygen atoms in total. The van der Waals surface area contributed by atoms with Crippen LogP contribution in [0.2, 0.25) is 0 Å².